The number of hydrazone groups is 1. The van der Waals surface area contributed by atoms with Gasteiger partial charge in [-0.05, 0) is 42.0 Å². The minimum Gasteiger partial charge on any atom is -0.331 e. The van der Waals surface area contributed by atoms with E-state index in [2.05, 4.69) is 41.0 Å². The van der Waals surface area contributed by atoms with E-state index in [9.17, 15) is 0 Å². The van der Waals surface area contributed by atoms with E-state index in [1.54, 1.807) is 6.21 Å². The molecule has 0 saturated heterocycles. The lowest BCUT2D eigenvalue weighted by molar-refractivity contribution is 1.05. The van der Waals surface area contributed by atoms with Gasteiger partial charge >= 0.3 is 0 Å². The maximum absolute atomic E-state index is 5.24. The average Bonchev–Trinajstić information content (AvgIpc) is 2.57. The molecule has 0 aromatic heterocycles. The molecule has 114 valence electrons. The van der Waals surface area contributed by atoms with Crippen LogP contribution in [0.2, 0.25) is 0 Å². The van der Waals surface area contributed by atoms with Crippen molar-refractivity contribution in [2.75, 3.05) is 5.32 Å². The highest BCUT2D eigenvalue weighted by Crippen LogP contribution is 2.16. The molecule has 3 rings (SSSR count). The molecule has 0 spiro atoms. The van der Waals surface area contributed by atoms with E-state index < -0.39 is 0 Å². The van der Waals surface area contributed by atoms with E-state index in [-0.39, 0.29) is 0 Å². The predicted molar refractivity (Wildman–Crippen MR) is 102 cm³/mol. The second-order valence-corrected chi connectivity index (χ2v) is 5.67. The minimum absolute atomic E-state index is 0.463. The van der Waals surface area contributed by atoms with Crippen LogP contribution in [0.25, 0.3) is 10.8 Å². The molecule has 0 aliphatic rings. The first-order chi connectivity index (χ1) is 11.2. The van der Waals surface area contributed by atoms with Crippen LogP contribution in [0.4, 0.5) is 5.69 Å². The van der Waals surface area contributed by atoms with Crippen molar-refractivity contribution in [2.45, 2.75) is 6.92 Å². The number of aryl methyl sites for hydroxylation is 1. The lowest BCUT2D eigenvalue weighted by Crippen LogP contribution is -2.23. The molecule has 4 heteroatoms. The molecule has 0 bridgehead atoms. The zero-order valence-corrected chi connectivity index (χ0v) is 13.6. The van der Waals surface area contributed by atoms with Crippen LogP contribution in [0.1, 0.15) is 11.1 Å². The van der Waals surface area contributed by atoms with Crippen molar-refractivity contribution in [2.24, 2.45) is 5.10 Å². The summed E-state index contributed by atoms with van der Waals surface area (Å²) in [6, 6.07) is 22.4. The summed E-state index contributed by atoms with van der Waals surface area (Å²) in [6.07, 6.45) is 1.78. The van der Waals surface area contributed by atoms with Crippen molar-refractivity contribution < 1.29 is 0 Å². The van der Waals surface area contributed by atoms with E-state index >= 15 is 0 Å². The Morgan fingerprint density at radius 1 is 0.957 bits per heavy atom. The number of hydrogen-bond acceptors (Lipinski definition) is 2. The monoisotopic (exact) mass is 319 g/mol. The molecule has 23 heavy (non-hydrogen) atoms. The zero-order chi connectivity index (χ0) is 16.1. The average molecular weight is 319 g/mol. The first kappa shape index (κ1) is 15.2. The van der Waals surface area contributed by atoms with E-state index in [1.807, 2.05) is 48.5 Å². The maximum Gasteiger partial charge on any atom is 0.191 e. The highest BCUT2D eigenvalue weighted by molar-refractivity contribution is 7.80. The molecule has 0 amide bonds. The Kier molecular flexibility index (Phi) is 4.64. The fourth-order valence-corrected chi connectivity index (χ4v) is 2.49. The lowest BCUT2D eigenvalue weighted by Gasteiger charge is -2.07. The number of nitrogens with one attached hydrogen (secondary N) is 2. The van der Waals surface area contributed by atoms with Gasteiger partial charge in [0, 0.05) is 11.3 Å². The van der Waals surface area contributed by atoms with Crippen LogP contribution in [-0.4, -0.2) is 11.3 Å². The fraction of sp³-hybridized carbons (Fsp3) is 0.0526. The quantitative estimate of drug-likeness (QED) is 0.425. The van der Waals surface area contributed by atoms with Crippen molar-refractivity contribution in [1.82, 2.24) is 5.43 Å². The molecule has 0 aliphatic carbocycles. The SMILES string of the molecule is Cc1ccc(NC(=S)N/N=C\c2cccc3ccccc23)cc1. The number of nitrogens with zero attached hydrogens (tertiary/aromatic N) is 1. The Balaban J connectivity index is 1.66. The summed E-state index contributed by atoms with van der Waals surface area (Å²) in [7, 11) is 0. The minimum atomic E-state index is 0.463. The lowest BCUT2D eigenvalue weighted by atomic mass is 10.1. The van der Waals surface area contributed by atoms with Crippen molar-refractivity contribution in [3.8, 4) is 0 Å². The van der Waals surface area contributed by atoms with Crippen LogP contribution in [-0.2, 0) is 0 Å². The van der Waals surface area contributed by atoms with Crippen LogP contribution in [0.15, 0.2) is 71.8 Å². The molecule has 0 unspecified atom stereocenters. The van der Waals surface area contributed by atoms with Gasteiger partial charge < -0.3 is 5.32 Å². The second kappa shape index (κ2) is 7.03. The standard InChI is InChI=1S/C19H17N3S/c1-14-9-11-17(12-10-14)21-19(23)22-20-13-16-7-4-6-15-5-2-3-8-18(15)16/h2-13H,1H3,(H2,21,22,23)/b20-13-. The second-order valence-electron chi connectivity index (χ2n) is 5.26. The number of thiocarbonyl (C=S) groups is 1. The first-order valence-electron chi connectivity index (χ1n) is 7.37. The summed E-state index contributed by atoms with van der Waals surface area (Å²) >= 11 is 5.24. The molecule has 0 aliphatic heterocycles. The number of fused-ring (bicyclic) bond motifs is 1. The molecule has 0 atom stereocenters. The largest absolute Gasteiger partial charge is 0.331 e. The molecule has 2 N–H and O–H groups in total. The van der Waals surface area contributed by atoms with Crippen molar-refractivity contribution in [3.05, 3.63) is 77.9 Å². The number of benzene rings is 3. The topological polar surface area (TPSA) is 36.4 Å². The predicted octanol–water partition coefficient (Wildman–Crippen LogP) is 4.47. The molecule has 0 saturated carbocycles. The summed E-state index contributed by atoms with van der Waals surface area (Å²) < 4.78 is 0. The zero-order valence-electron chi connectivity index (χ0n) is 12.8. The Labute approximate surface area is 141 Å². The van der Waals surface area contributed by atoms with Crippen molar-refractivity contribution >= 4 is 40.0 Å². The Bertz CT molecular complexity index is 849. The van der Waals surface area contributed by atoms with E-state index in [0.29, 0.717) is 5.11 Å². The van der Waals surface area contributed by atoms with Gasteiger partial charge in [0.1, 0.15) is 0 Å². The van der Waals surface area contributed by atoms with Crippen LogP contribution in [0.5, 0.6) is 0 Å². The van der Waals surface area contributed by atoms with Gasteiger partial charge in [-0.1, -0.05) is 60.2 Å². The number of rotatable bonds is 3. The third-order valence-electron chi connectivity index (χ3n) is 3.50. The Morgan fingerprint density at radius 3 is 2.52 bits per heavy atom. The summed E-state index contributed by atoms with van der Waals surface area (Å²) in [6.45, 7) is 2.05. The molecule has 0 fully saturated rings. The summed E-state index contributed by atoms with van der Waals surface area (Å²) in [5.74, 6) is 0. The van der Waals surface area contributed by atoms with Gasteiger partial charge in [0.2, 0.25) is 0 Å². The highest BCUT2D eigenvalue weighted by atomic mass is 32.1. The van der Waals surface area contributed by atoms with Gasteiger partial charge in [0.05, 0.1) is 6.21 Å². The van der Waals surface area contributed by atoms with Gasteiger partial charge in [-0.25, -0.2) is 0 Å². The third-order valence-corrected chi connectivity index (χ3v) is 3.70. The van der Waals surface area contributed by atoms with Crippen LogP contribution in [0, 0.1) is 6.92 Å². The Hall–Kier alpha value is -2.72. The molecule has 3 nitrogen and oxygen atoms in total. The van der Waals surface area contributed by atoms with Crippen molar-refractivity contribution in [1.29, 1.82) is 0 Å². The van der Waals surface area contributed by atoms with E-state index in [4.69, 9.17) is 12.2 Å². The first-order valence-corrected chi connectivity index (χ1v) is 7.78. The van der Waals surface area contributed by atoms with E-state index in [1.165, 1.54) is 10.9 Å². The molecular weight excluding hydrogens is 302 g/mol. The van der Waals surface area contributed by atoms with Gasteiger partial charge in [-0.2, -0.15) is 5.10 Å². The molecule has 3 aromatic carbocycles. The van der Waals surface area contributed by atoms with Gasteiger partial charge in [-0.15, -0.1) is 0 Å². The van der Waals surface area contributed by atoms with Crippen molar-refractivity contribution in [3.63, 3.8) is 0 Å². The maximum atomic E-state index is 5.24. The van der Waals surface area contributed by atoms with E-state index in [0.717, 1.165) is 16.6 Å². The van der Waals surface area contributed by atoms with Gasteiger partial charge in [0.25, 0.3) is 0 Å². The number of anilines is 1. The van der Waals surface area contributed by atoms with Gasteiger partial charge in [0.15, 0.2) is 5.11 Å². The normalized spacial score (nSPS) is 10.8. The smallest absolute Gasteiger partial charge is 0.191 e. The summed E-state index contributed by atoms with van der Waals surface area (Å²) in [4.78, 5) is 0. The molecule has 0 heterocycles. The fourth-order valence-electron chi connectivity index (χ4n) is 2.32. The third kappa shape index (κ3) is 3.93. The van der Waals surface area contributed by atoms with Crippen LogP contribution < -0.4 is 10.7 Å². The molecule has 0 radical (unpaired) electrons. The molecular formula is C19H17N3S. The Morgan fingerprint density at radius 2 is 1.70 bits per heavy atom. The molecule has 3 aromatic rings. The van der Waals surface area contributed by atoms with Crippen LogP contribution in [0.3, 0.4) is 0 Å². The summed E-state index contributed by atoms with van der Waals surface area (Å²) in [5.41, 5.74) is 6.05. The number of hydrogen-bond donors (Lipinski definition) is 2. The summed E-state index contributed by atoms with van der Waals surface area (Å²) in [5, 5.41) is 10.1. The van der Waals surface area contributed by atoms with Gasteiger partial charge in [-0.3, -0.25) is 5.43 Å². The van der Waals surface area contributed by atoms with Crippen LogP contribution >= 0.6 is 12.2 Å². The highest BCUT2D eigenvalue weighted by Gasteiger charge is 1.98.